The number of nitro groups is 1. The quantitative estimate of drug-likeness (QED) is 0.672. The minimum Gasteiger partial charge on any atom is -0.504 e. The second-order valence-corrected chi connectivity index (χ2v) is 3.62. The molecule has 2 rings (SSSR count). The highest BCUT2D eigenvalue weighted by atomic mass is 16.6. The third kappa shape index (κ3) is 2.61. The highest BCUT2D eigenvalue weighted by Crippen LogP contribution is 2.35. The molecule has 2 aromatic carbocycles. The van der Waals surface area contributed by atoms with Crippen LogP contribution in [-0.4, -0.2) is 10.0 Å². The molecule has 0 heterocycles. The van der Waals surface area contributed by atoms with Gasteiger partial charge in [0.2, 0.25) is 5.75 Å². The summed E-state index contributed by atoms with van der Waals surface area (Å²) >= 11 is 0. The van der Waals surface area contributed by atoms with Gasteiger partial charge in [-0.3, -0.25) is 10.1 Å². The lowest BCUT2D eigenvalue weighted by Gasteiger charge is -2.07. The first kappa shape index (κ1) is 12.4. The molecule has 0 atom stereocenters. The fourth-order valence-electron chi connectivity index (χ4n) is 1.48. The largest absolute Gasteiger partial charge is 0.504 e. The number of nitro benzene ring substituents is 1. The van der Waals surface area contributed by atoms with Crippen LogP contribution in [0, 0.1) is 21.4 Å². The van der Waals surface area contributed by atoms with Gasteiger partial charge in [-0.15, -0.1) is 0 Å². The van der Waals surface area contributed by atoms with Crippen LogP contribution >= 0.6 is 0 Å². The fraction of sp³-hybridized carbons (Fsp3) is 0. The third-order valence-electron chi connectivity index (χ3n) is 2.37. The lowest BCUT2D eigenvalue weighted by molar-refractivity contribution is -0.385. The van der Waals surface area contributed by atoms with Gasteiger partial charge in [0.1, 0.15) is 0 Å². The molecule has 0 saturated carbocycles. The maximum Gasteiger partial charge on any atom is 0.311 e. The molecule has 6 nitrogen and oxygen atoms in total. The van der Waals surface area contributed by atoms with Crippen LogP contribution in [0.25, 0.3) is 0 Å². The molecular weight excluding hydrogens is 248 g/mol. The molecule has 0 amide bonds. The van der Waals surface area contributed by atoms with Crippen molar-refractivity contribution in [2.24, 2.45) is 0 Å². The smallest absolute Gasteiger partial charge is 0.311 e. The summed E-state index contributed by atoms with van der Waals surface area (Å²) in [6.45, 7) is 0. The highest BCUT2D eigenvalue weighted by molar-refractivity contribution is 5.54. The van der Waals surface area contributed by atoms with Crippen molar-refractivity contribution in [2.45, 2.75) is 0 Å². The molecular formula is C13H8N2O4. The van der Waals surface area contributed by atoms with Crippen LogP contribution in [0.5, 0.6) is 17.2 Å². The SMILES string of the molecule is N#Cc1ccc([N+](=O)[O-])c(Oc2ccccc2O)c1. The summed E-state index contributed by atoms with van der Waals surface area (Å²) in [5, 5.41) is 29.2. The van der Waals surface area contributed by atoms with E-state index in [1.54, 1.807) is 12.1 Å². The first-order valence-corrected chi connectivity index (χ1v) is 5.26. The maximum absolute atomic E-state index is 10.9. The van der Waals surface area contributed by atoms with Crippen molar-refractivity contribution in [3.05, 3.63) is 58.1 Å². The Labute approximate surface area is 108 Å². The van der Waals surface area contributed by atoms with Crippen LogP contribution in [0.3, 0.4) is 0 Å². The Kier molecular flexibility index (Phi) is 3.30. The first-order valence-electron chi connectivity index (χ1n) is 5.26. The van der Waals surface area contributed by atoms with E-state index in [-0.39, 0.29) is 28.5 Å². The second kappa shape index (κ2) is 5.06. The number of ether oxygens (including phenoxy) is 1. The molecule has 0 aromatic heterocycles. The van der Waals surface area contributed by atoms with Crippen molar-refractivity contribution in [1.29, 1.82) is 5.26 Å². The third-order valence-corrected chi connectivity index (χ3v) is 2.37. The molecule has 0 aliphatic heterocycles. The molecule has 94 valence electrons. The molecule has 6 heteroatoms. The zero-order chi connectivity index (χ0) is 13.8. The Balaban J connectivity index is 2.46. The molecule has 0 fully saturated rings. The molecule has 2 aromatic rings. The zero-order valence-electron chi connectivity index (χ0n) is 9.61. The lowest BCUT2D eigenvalue weighted by Crippen LogP contribution is -1.94. The summed E-state index contributed by atoms with van der Waals surface area (Å²) in [4.78, 5) is 10.3. The Morgan fingerprint density at radius 1 is 1.21 bits per heavy atom. The van der Waals surface area contributed by atoms with Crippen LogP contribution < -0.4 is 4.74 Å². The van der Waals surface area contributed by atoms with Gasteiger partial charge in [0.25, 0.3) is 0 Å². The summed E-state index contributed by atoms with van der Waals surface area (Å²) in [7, 11) is 0. The van der Waals surface area contributed by atoms with Gasteiger partial charge in [0.05, 0.1) is 16.6 Å². The van der Waals surface area contributed by atoms with E-state index >= 15 is 0 Å². The molecule has 0 unspecified atom stereocenters. The molecule has 0 aliphatic carbocycles. The summed E-state index contributed by atoms with van der Waals surface area (Å²) in [6.07, 6.45) is 0. The van der Waals surface area contributed by atoms with Crippen LogP contribution in [0.15, 0.2) is 42.5 Å². The van der Waals surface area contributed by atoms with Crippen molar-refractivity contribution in [2.75, 3.05) is 0 Å². The van der Waals surface area contributed by atoms with E-state index in [4.69, 9.17) is 10.00 Å². The molecule has 0 spiro atoms. The number of nitrogens with zero attached hydrogens (tertiary/aromatic N) is 2. The van der Waals surface area contributed by atoms with E-state index in [0.717, 1.165) is 0 Å². The number of hydrogen-bond donors (Lipinski definition) is 1. The van der Waals surface area contributed by atoms with E-state index in [1.165, 1.54) is 30.3 Å². The fourth-order valence-corrected chi connectivity index (χ4v) is 1.48. The Hall–Kier alpha value is -3.07. The second-order valence-electron chi connectivity index (χ2n) is 3.62. The minimum atomic E-state index is -0.615. The molecule has 0 aliphatic rings. The number of rotatable bonds is 3. The van der Waals surface area contributed by atoms with E-state index in [0.29, 0.717) is 0 Å². The van der Waals surface area contributed by atoms with Gasteiger partial charge in [-0.25, -0.2) is 0 Å². The average Bonchev–Trinajstić information content (AvgIpc) is 2.41. The van der Waals surface area contributed by atoms with Crippen LogP contribution in [-0.2, 0) is 0 Å². The predicted octanol–water partition coefficient (Wildman–Crippen LogP) is 2.96. The average molecular weight is 256 g/mol. The van der Waals surface area contributed by atoms with Crippen LogP contribution in [0.2, 0.25) is 0 Å². The Morgan fingerprint density at radius 2 is 1.95 bits per heavy atom. The van der Waals surface area contributed by atoms with Gasteiger partial charge in [0.15, 0.2) is 11.5 Å². The molecule has 1 N–H and O–H groups in total. The van der Waals surface area contributed by atoms with Gasteiger partial charge in [0, 0.05) is 12.1 Å². The zero-order valence-corrected chi connectivity index (χ0v) is 9.61. The van der Waals surface area contributed by atoms with Gasteiger partial charge in [-0.2, -0.15) is 5.26 Å². The summed E-state index contributed by atoms with van der Waals surface area (Å²) in [5.41, 5.74) is -0.0433. The molecule has 0 bridgehead atoms. The predicted molar refractivity (Wildman–Crippen MR) is 66.0 cm³/mol. The van der Waals surface area contributed by atoms with Crippen molar-refractivity contribution >= 4 is 5.69 Å². The molecule has 0 saturated heterocycles. The summed E-state index contributed by atoms with van der Waals surface area (Å²) in [5.74, 6) is -0.148. The minimum absolute atomic E-state index is 0.0840. The monoisotopic (exact) mass is 256 g/mol. The number of para-hydroxylation sites is 2. The van der Waals surface area contributed by atoms with Gasteiger partial charge >= 0.3 is 5.69 Å². The Bertz CT molecular complexity index is 677. The van der Waals surface area contributed by atoms with E-state index in [2.05, 4.69) is 0 Å². The van der Waals surface area contributed by atoms with Crippen LogP contribution in [0.4, 0.5) is 5.69 Å². The van der Waals surface area contributed by atoms with Crippen molar-refractivity contribution < 1.29 is 14.8 Å². The highest BCUT2D eigenvalue weighted by Gasteiger charge is 2.17. The normalized spacial score (nSPS) is 9.63. The number of hydrogen-bond acceptors (Lipinski definition) is 5. The van der Waals surface area contributed by atoms with Crippen LogP contribution in [0.1, 0.15) is 5.56 Å². The number of aromatic hydroxyl groups is 1. The van der Waals surface area contributed by atoms with Gasteiger partial charge in [-0.1, -0.05) is 12.1 Å². The number of benzene rings is 2. The maximum atomic E-state index is 10.9. The standard InChI is InChI=1S/C13H8N2O4/c14-8-9-5-6-10(15(17)18)13(7-9)19-12-4-2-1-3-11(12)16/h1-7,16H. The number of nitriles is 1. The van der Waals surface area contributed by atoms with E-state index in [1.807, 2.05) is 6.07 Å². The van der Waals surface area contributed by atoms with Gasteiger partial charge < -0.3 is 9.84 Å². The summed E-state index contributed by atoms with van der Waals surface area (Å²) in [6, 6.07) is 11.7. The van der Waals surface area contributed by atoms with Crippen molar-refractivity contribution in [3.8, 4) is 23.3 Å². The van der Waals surface area contributed by atoms with E-state index in [9.17, 15) is 15.2 Å². The number of phenolic OH excluding ortho intramolecular Hbond substituents is 1. The summed E-state index contributed by atoms with van der Waals surface area (Å²) < 4.78 is 5.30. The van der Waals surface area contributed by atoms with Crippen molar-refractivity contribution in [1.82, 2.24) is 0 Å². The lowest BCUT2D eigenvalue weighted by atomic mass is 10.2. The number of phenols is 1. The molecule has 19 heavy (non-hydrogen) atoms. The van der Waals surface area contributed by atoms with Gasteiger partial charge in [-0.05, 0) is 18.2 Å². The van der Waals surface area contributed by atoms with Crippen molar-refractivity contribution in [3.63, 3.8) is 0 Å². The first-order chi connectivity index (χ1) is 9.11. The Morgan fingerprint density at radius 3 is 2.58 bits per heavy atom. The van der Waals surface area contributed by atoms with E-state index < -0.39 is 4.92 Å². The molecule has 0 radical (unpaired) electrons. The topological polar surface area (TPSA) is 96.4 Å².